The van der Waals surface area contributed by atoms with Gasteiger partial charge in [-0.2, -0.15) is 0 Å². The van der Waals surface area contributed by atoms with Gasteiger partial charge in [-0.25, -0.2) is 9.18 Å². The van der Waals surface area contributed by atoms with Crippen LogP contribution >= 0.6 is 0 Å². The zero-order valence-corrected chi connectivity index (χ0v) is 15.9. The maximum atomic E-state index is 13.6. The summed E-state index contributed by atoms with van der Waals surface area (Å²) in [6.45, 7) is 5.74. The van der Waals surface area contributed by atoms with Gasteiger partial charge in [-0.1, -0.05) is 19.9 Å². The van der Waals surface area contributed by atoms with Crippen molar-refractivity contribution in [2.45, 2.75) is 26.8 Å². The van der Waals surface area contributed by atoms with E-state index in [1.54, 1.807) is 24.3 Å². The van der Waals surface area contributed by atoms with Crippen LogP contribution in [-0.2, 0) is 0 Å². The first kappa shape index (κ1) is 19.4. The summed E-state index contributed by atoms with van der Waals surface area (Å²) < 4.78 is 19.5. The summed E-state index contributed by atoms with van der Waals surface area (Å²) in [4.78, 5) is 23.8. The Morgan fingerprint density at radius 1 is 1.14 bits per heavy atom. The second-order valence-corrected chi connectivity index (χ2v) is 7.00. The Morgan fingerprint density at radius 2 is 1.89 bits per heavy atom. The fourth-order valence-corrected chi connectivity index (χ4v) is 3.10. The van der Waals surface area contributed by atoms with E-state index >= 15 is 0 Å². The zero-order chi connectivity index (χ0) is 20.4. The van der Waals surface area contributed by atoms with E-state index in [2.05, 4.69) is 10.6 Å². The third-order valence-electron chi connectivity index (χ3n) is 4.58. The minimum atomic E-state index is -0.575. The monoisotopic (exact) mass is 383 g/mol. The Morgan fingerprint density at radius 3 is 2.57 bits per heavy atom. The molecule has 6 nitrogen and oxygen atoms in total. The van der Waals surface area contributed by atoms with Gasteiger partial charge in [-0.15, -0.1) is 0 Å². The Kier molecular flexibility index (Phi) is 5.35. The SMILES string of the molecule is Cc1c([C@@H](NC(=O)Nc2cccc(C(N)=O)c2)C(C)C)oc2ccc(F)cc12. The van der Waals surface area contributed by atoms with Crippen LogP contribution in [0.3, 0.4) is 0 Å². The van der Waals surface area contributed by atoms with Crippen LogP contribution in [0.5, 0.6) is 0 Å². The predicted octanol–water partition coefficient (Wildman–Crippen LogP) is 4.50. The number of nitrogens with one attached hydrogen (secondary N) is 2. The molecule has 3 amide bonds. The molecule has 1 heterocycles. The molecule has 0 unspecified atom stereocenters. The van der Waals surface area contributed by atoms with Gasteiger partial charge in [-0.3, -0.25) is 4.79 Å². The molecule has 3 rings (SSSR count). The summed E-state index contributed by atoms with van der Waals surface area (Å²) in [7, 11) is 0. The lowest BCUT2D eigenvalue weighted by Crippen LogP contribution is -2.35. The van der Waals surface area contributed by atoms with E-state index < -0.39 is 18.0 Å². The number of carbonyl (C=O) groups excluding carboxylic acids is 2. The molecule has 0 bridgehead atoms. The van der Waals surface area contributed by atoms with Crippen molar-refractivity contribution >= 4 is 28.6 Å². The van der Waals surface area contributed by atoms with Gasteiger partial charge in [-0.05, 0) is 49.2 Å². The molecular weight excluding hydrogens is 361 g/mol. The second kappa shape index (κ2) is 7.72. The lowest BCUT2D eigenvalue weighted by atomic mass is 9.98. The molecule has 0 aliphatic carbocycles. The average molecular weight is 383 g/mol. The van der Waals surface area contributed by atoms with Crippen LogP contribution in [0.15, 0.2) is 46.9 Å². The second-order valence-electron chi connectivity index (χ2n) is 7.00. The maximum Gasteiger partial charge on any atom is 0.319 e. The normalized spacial score (nSPS) is 12.2. The van der Waals surface area contributed by atoms with E-state index in [0.29, 0.717) is 28.0 Å². The quantitative estimate of drug-likeness (QED) is 0.605. The Hall–Kier alpha value is -3.35. The van der Waals surface area contributed by atoms with Crippen LogP contribution in [0.2, 0.25) is 0 Å². The van der Waals surface area contributed by atoms with Gasteiger partial charge in [0.05, 0.1) is 6.04 Å². The smallest absolute Gasteiger partial charge is 0.319 e. The van der Waals surface area contributed by atoms with Gasteiger partial charge >= 0.3 is 6.03 Å². The van der Waals surface area contributed by atoms with Gasteiger partial charge in [0.15, 0.2) is 0 Å². The zero-order valence-electron chi connectivity index (χ0n) is 15.9. The van der Waals surface area contributed by atoms with Crippen molar-refractivity contribution in [2.24, 2.45) is 11.7 Å². The summed E-state index contributed by atoms with van der Waals surface area (Å²) >= 11 is 0. The molecule has 2 aromatic carbocycles. The van der Waals surface area contributed by atoms with E-state index in [1.165, 1.54) is 18.2 Å². The molecule has 4 N–H and O–H groups in total. The molecule has 146 valence electrons. The number of rotatable bonds is 5. The Balaban J connectivity index is 1.84. The number of fused-ring (bicyclic) bond motifs is 1. The van der Waals surface area contributed by atoms with Crippen molar-refractivity contribution in [3.8, 4) is 0 Å². The first-order valence-electron chi connectivity index (χ1n) is 8.92. The van der Waals surface area contributed by atoms with Crippen LogP contribution in [0.25, 0.3) is 11.0 Å². The summed E-state index contributed by atoms with van der Waals surface area (Å²) in [6.07, 6.45) is 0. The number of amides is 3. The molecule has 0 radical (unpaired) electrons. The van der Waals surface area contributed by atoms with Crippen molar-refractivity contribution in [1.29, 1.82) is 0 Å². The molecular formula is C21H22FN3O3. The average Bonchev–Trinajstić information content (AvgIpc) is 2.95. The molecule has 0 spiro atoms. The van der Waals surface area contributed by atoms with Gasteiger partial charge in [0.25, 0.3) is 0 Å². The number of nitrogens with two attached hydrogens (primary N) is 1. The molecule has 0 saturated heterocycles. The predicted molar refractivity (Wildman–Crippen MR) is 106 cm³/mol. The number of hydrogen-bond donors (Lipinski definition) is 3. The number of primary amides is 1. The van der Waals surface area contributed by atoms with Gasteiger partial charge in [0, 0.05) is 22.2 Å². The minimum absolute atomic E-state index is 0.0202. The van der Waals surface area contributed by atoms with Gasteiger partial charge in [0.2, 0.25) is 5.91 Å². The number of benzene rings is 2. The van der Waals surface area contributed by atoms with Crippen LogP contribution in [0.4, 0.5) is 14.9 Å². The van der Waals surface area contributed by atoms with Crippen molar-refractivity contribution in [2.75, 3.05) is 5.32 Å². The molecule has 0 aliphatic rings. The van der Waals surface area contributed by atoms with Gasteiger partial charge in [0.1, 0.15) is 17.2 Å². The number of urea groups is 1. The minimum Gasteiger partial charge on any atom is -0.459 e. The van der Waals surface area contributed by atoms with Crippen LogP contribution in [0, 0.1) is 18.7 Å². The number of aryl methyl sites for hydroxylation is 1. The van der Waals surface area contributed by atoms with E-state index in [1.807, 2.05) is 20.8 Å². The van der Waals surface area contributed by atoms with Crippen LogP contribution < -0.4 is 16.4 Å². The number of hydrogen-bond acceptors (Lipinski definition) is 3. The number of anilines is 1. The number of carbonyl (C=O) groups is 2. The van der Waals surface area contributed by atoms with E-state index in [-0.39, 0.29) is 11.7 Å². The molecule has 28 heavy (non-hydrogen) atoms. The standard InChI is InChI=1S/C21H22FN3O3/c1-11(2)18(19-12(3)16-10-14(22)7-8-17(16)28-19)25-21(27)24-15-6-4-5-13(9-15)20(23)26/h4-11,18H,1-3H3,(H2,23,26)(H2,24,25,27)/t18-/m0/s1. The molecule has 7 heteroatoms. The first-order chi connectivity index (χ1) is 13.3. The lowest BCUT2D eigenvalue weighted by Gasteiger charge is -2.21. The van der Waals surface area contributed by atoms with Crippen molar-refractivity contribution < 1.29 is 18.4 Å². The summed E-state index contributed by atoms with van der Waals surface area (Å²) in [5.41, 5.74) is 7.36. The molecule has 3 aromatic rings. The topological polar surface area (TPSA) is 97.4 Å². The third-order valence-corrected chi connectivity index (χ3v) is 4.58. The Labute approximate surface area is 161 Å². The largest absolute Gasteiger partial charge is 0.459 e. The van der Waals surface area contributed by atoms with Crippen molar-refractivity contribution in [1.82, 2.24) is 5.32 Å². The van der Waals surface area contributed by atoms with Crippen LogP contribution in [-0.4, -0.2) is 11.9 Å². The van der Waals surface area contributed by atoms with E-state index in [9.17, 15) is 14.0 Å². The Bertz CT molecular complexity index is 1040. The fourth-order valence-electron chi connectivity index (χ4n) is 3.10. The highest BCUT2D eigenvalue weighted by atomic mass is 19.1. The molecule has 0 saturated carbocycles. The molecule has 0 aliphatic heterocycles. The van der Waals surface area contributed by atoms with Crippen molar-refractivity contribution in [3.63, 3.8) is 0 Å². The maximum absolute atomic E-state index is 13.6. The summed E-state index contributed by atoms with van der Waals surface area (Å²) in [6, 6.07) is 9.82. The van der Waals surface area contributed by atoms with E-state index in [4.69, 9.17) is 10.2 Å². The highest BCUT2D eigenvalue weighted by Gasteiger charge is 2.25. The number of furan rings is 1. The fraction of sp³-hybridized carbons (Fsp3) is 0.238. The first-order valence-corrected chi connectivity index (χ1v) is 8.92. The molecule has 1 atom stereocenters. The van der Waals surface area contributed by atoms with Gasteiger partial charge < -0.3 is 20.8 Å². The highest BCUT2D eigenvalue weighted by molar-refractivity contribution is 5.96. The van der Waals surface area contributed by atoms with E-state index in [0.717, 1.165) is 5.56 Å². The third kappa shape index (κ3) is 3.98. The summed E-state index contributed by atoms with van der Waals surface area (Å²) in [5.74, 6) is -0.318. The number of halogens is 1. The molecule has 1 aromatic heterocycles. The molecule has 0 fully saturated rings. The highest BCUT2D eigenvalue weighted by Crippen LogP contribution is 2.33. The van der Waals surface area contributed by atoms with Crippen LogP contribution in [0.1, 0.15) is 41.6 Å². The lowest BCUT2D eigenvalue weighted by molar-refractivity contribution is 0.1000. The summed E-state index contributed by atoms with van der Waals surface area (Å²) in [5, 5.41) is 6.27. The van der Waals surface area contributed by atoms with Crippen molar-refractivity contribution in [3.05, 3.63) is 65.2 Å².